The number of aliphatic hydroxyl groups excluding tert-OH is 1. The summed E-state index contributed by atoms with van der Waals surface area (Å²) < 4.78 is 13.6. The molecule has 1 aromatic carbocycles. The molecule has 1 atom stereocenters. The monoisotopic (exact) mass is 245 g/mol. The van der Waals surface area contributed by atoms with Gasteiger partial charge in [-0.15, -0.1) is 0 Å². The van der Waals surface area contributed by atoms with E-state index in [1.807, 2.05) is 24.3 Å². The van der Waals surface area contributed by atoms with E-state index in [9.17, 15) is 9.50 Å². The van der Waals surface area contributed by atoms with Crippen molar-refractivity contribution < 1.29 is 9.50 Å². The molecule has 0 saturated heterocycles. The Hall–Kier alpha value is -1.74. The zero-order valence-electron chi connectivity index (χ0n) is 10.3. The van der Waals surface area contributed by atoms with E-state index in [4.69, 9.17) is 0 Å². The molecule has 0 bridgehead atoms. The minimum Gasteiger partial charge on any atom is -0.384 e. The van der Waals surface area contributed by atoms with Crippen LogP contribution in [0.15, 0.2) is 42.7 Å². The largest absolute Gasteiger partial charge is 0.384 e. The Morgan fingerprint density at radius 2 is 2.17 bits per heavy atom. The number of aromatic nitrogens is 1. The zero-order valence-corrected chi connectivity index (χ0v) is 10.3. The summed E-state index contributed by atoms with van der Waals surface area (Å²) in [6, 6.07) is 9.15. The van der Waals surface area contributed by atoms with E-state index >= 15 is 0 Å². The van der Waals surface area contributed by atoms with Crippen molar-refractivity contribution in [3.05, 3.63) is 65.2 Å². The summed E-state index contributed by atoms with van der Waals surface area (Å²) in [7, 11) is 0. The maximum Gasteiger partial charge on any atom is 0.147 e. The number of hydrogen-bond acceptors (Lipinski definition) is 2. The minimum absolute atomic E-state index is 0.263. The van der Waals surface area contributed by atoms with E-state index in [2.05, 4.69) is 11.9 Å². The third-order valence-electron chi connectivity index (χ3n) is 2.90. The summed E-state index contributed by atoms with van der Waals surface area (Å²) in [5.74, 6) is -0.481. The second kappa shape index (κ2) is 5.74. The van der Waals surface area contributed by atoms with Crippen molar-refractivity contribution in [3.63, 3.8) is 0 Å². The molecule has 1 unspecified atom stereocenters. The van der Waals surface area contributed by atoms with Gasteiger partial charge in [-0.2, -0.15) is 0 Å². The van der Waals surface area contributed by atoms with Crippen molar-refractivity contribution in [2.24, 2.45) is 0 Å². The Balaban J connectivity index is 2.31. The van der Waals surface area contributed by atoms with Gasteiger partial charge in [-0.25, -0.2) is 4.39 Å². The topological polar surface area (TPSA) is 33.1 Å². The van der Waals surface area contributed by atoms with Crippen molar-refractivity contribution in [2.45, 2.75) is 25.9 Å². The average molecular weight is 245 g/mol. The molecule has 2 rings (SSSR count). The quantitative estimate of drug-likeness (QED) is 0.896. The summed E-state index contributed by atoms with van der Waals surface area (Å²) >= 11 is 0. The Morgan fingerprint density at radius 1 is 1.33 bits per heavy atom. The van der Waals surface area contributed by atoms with Crippen LogP contribution in [0.2, 0.25) is 0 Å². The lowest BCUT2D eigenvalue weighted by atomic mass is 9.99. The van der Waals surface area contributed by atoms with E-state index in [0.29, 0.717) is 5.56 Å². The molecular weight excluding hydrogens is 229 g/mol. The molecule has 0 aliphatic carbocycles. The SMILES string of the molecule is CCCc1cccc(C(O)c2ccncc2F)c1. The molecule has 0 amide bonds. The molecule has 0 aliphatic heterocycles. The fourth-order valence-electron chi connectivity index (χ4n) is 1.99. The van der Waals surface area contributed by atoms with E-state index in [1.54, 1.807) is 0 Å². The van der Waals surface area contributed by atoms with Crippen molar-refractivity contribution in [1.29, 1.82) is 0 Å². The highest BCUT2D eigenvalue weighted by Crippen LogP contribution is 2.24. The molecule has 0 aliphatic rings. The first-order valence-electron chi connectivity index (χ1n) is 6.08. The number of aryl methyl sites for hydroxylation is 1. The van der Waals surface area contributed by atoms with Gasteiger partial charge >= 0.3 is 0 Å². The fraction of sp³-hybridized carbons (Fsp3) is 0.267. The molecule has 0 radical (unpaired) electrons. The second-order valence-corrected chi connectivity index (χ2v) is 4.29. The van der Waals surface area contributed by atoms with Crippen LogP contribution in [0.4, 0.5) is 4.39 Å². The third-order valence-corrected chi connectivity index (χ3v) is 2.90. The number of nitrogens with zero attached hydrogens (tertiary/aromatic N) is 1. The van der Waals surface area contributed by atoms with Crippen LogP contribution in [-0.4, -0.2) is 10.1 Å². The average Bonchev–Trinajstić information content (AvgIpc) is 2.39. The zero-order chi connectivity index (χ0) is 13.0. The Kier molecular flexibility index (Phi) is 4.05. The van der Waals surface area contributed by atoms with Gasteiger partial charge < -0.3 is 5.11 Å². The van der Waals surface area contributed by atoms with Crippen molar-refractivity contribution in [2.75, 3.05) is 0 Å². The maximum atomic E-state index is 13.6. The smallest absolute Gasteiger partial charge is 0.147 e. The number of rotatable bonds is 4. The predicted molar refractivity (Wildman–Crippen MR) is 68.7 cm³/mol. The first-order chi connectivity index (χ1) is 8.72. The van der Waals surface area contributed by atoms with Crippen LogP contribution in [0.25, 0.3) is 0 Å². The molecule has 0 spiro atoms. The fourth-order valence-corrected chi connectivity index (χ4v) is 1.99. The summed E-state index contributed by atoms with van der Waals surface area (Å²) in [4.78, 5) is 3.68. The lowest BCUT2D eigenvalue weighted by Gasteiger charge is -2.13. The van der Waals surface area contributed by atoms with Crippen LogP contribution in [0.1, 0.15) is 36.1 Å². The molecule has 1 heterocycles. The van der Waals surface area contributed by atoms with Gasteiger partial charge in [0.1, 0.15) is 11.9 Å². The van der Waals surface area contributed by atoms with Crippen LogP contribution in [0.5, 0.6) is 0 Å². The molecule has 3 heteroatoms. The molecule has 1 aromatic heterocycles. The number of aliphatic hydroxyl groups is 1. The first kappa shape index (κ1) is 12.7. The number of halogens is 1. The molecule has 2 nitrogen and oxygen atoms in total. The second-order valence-electron chi connectivity index (χ2n) is 4.29. The van der Waals surface area contributed by atoms with E-state index in [1.165, 1.54) is 12.3 Å². The van der Waals surface area contributed by atoms with Crippen molar-refractivity contribution >= 4 is 0 Å². The molecular formula is C15H16FNO. The van der Waals surface area contributed by atoms with Gasteiger partial charge in [-0.3, -0.25) is 4.98 Å². The molecule has 2 aromatic rings. The Labute approximate surface area is 106 Å². The van der Waals surface area contributed by atoms with Gasteiger partial charge in [-0.05, 0) is 23.6 Å². The van der Waals surface area contributed by atoms with Crippen LogP contribution >= 0.6 is 0 Å². The van der Waals surface area contributed by atoms with Crippen molar-refractivity contribution in [3.8, 4) is 0 Å². The van der Waals surface area contributed by atoms with Gasteiger partial charge in [-0.1, -0.05) is 37.6 Å². The summed E-state index contributed by atoms with van der Waals surface area (Å²) in [6.45, 7) is 2.10. The third kappa shape index (κ3) is 2.74. The van der Waals surface area contributed by atoms with Crippen LogP contribution in [0, 0.1) is 5.82 Å². The highest BCUT2D eigenvalue weighted by Gasteiger charge is 2.14. The summed E-state index contributed by atoms with van der Waals surface area (Å²) in [6.07, 6.45) is 3.67. The van der Waals surface area contributed by atoms with Gasteiger partial charge in [0.2, 0.25) is 0 Å². The lowest BCUT2D eigenvalue weighted by molar-refractivity contribution is 0.214. The van der Waals surface area contributed by atoms with Gasteiger partial charge in [0.05, 0.1) is 6.20 Å². The first-order valence-corrected chi connectivity index (χ1v) is 6.08. The number of hydrogen-bond donors (Lipinski definition) is 1. The highest BCUT2D eigenvalue weighted by molar-refractivity contribution is 5.32. The normalized spacial score (nSPS) is 12.4. The molecule has 1 N–H and O–H groups in total. The molecule has 18 heavy (non-hydrogen) atoms. The molecule has 94 valence electrons. The molecule has 0 fully saturated rings. The van der Waals surface area contributed by atoms with Crippen LogP contribution < -0.4 is 0 Å². The minimum atomic E-state index is -0.940. The number of pyridine rings is 1. The molecule has 0 saturated carbocycles. The van der Waals surface area contributed by atoms with E-state index in [0.717, 1.165) is 24.6 Å². The van der Waals surface area contributed by atoms with Crippen LogP contribution in [-0.2, 0) is 6.42 Å². The Morgan fingerprint density at radius 3 is 2.89 bits per heavy atom. The predicted octanol–water partition coefficient (Wildman–Crippen LogP) is 3.25. The van der Waals surface area contributed by atoms with E-state index < -0.39 is 11.9 Å². The lowest BCUT2D eigenvalue weighted by Crippen LogP contribution is -2.03. The standard InChI is InChI=1S/C15H16FNO/c1-2-4-11-5-3-6-12(9-11)15(18)13-7-8-17-10-14(13)16/h3,5-10,15,18H,2,4H2,1H3. The maximum absolute atomic E-state index is 13.6. The highest BCUT2D eigenvalue weighted by atomic mass is 19.1. The van der Waals surface area contributed by atoms with Gasteiger partial charge in [0.15, 0.2) is 0 Å². The van der Waals surface area contributed by atoms with E-state index in [-0.39, 0.29) is 5.56 Å². The van der Waals surface area contributed by atoms with Gasteiger partial charge in [0.25, 0.3) is 0 Å². The summed E-state index contributed by atoms with van der Waals surface area (Å²) in [5.41, 5.74) is 2.13. The van der Waals surface area contributed by atoms with Crippen LogP contribution in [0.3, 0.4) is 0 Å². The number of benzene rings is 1. The Bertz CT molecular complexity index is 527. The van der Waals surface area contributed by atoms with Gasteiger partial charge in [0, 0.05) is 11.8 Å². The summed E-state index contributed by atoms with van der Waals surface area (Å²) in [5, 5.41) is 10.2. The van der Waals surface area contributed by atoms with Crippen molar-refractivity contribution in [1.82, 2.24) is 4.98 Å².